The Balaban J connectivity index is 3.89. The summed E-state index contributed by atoms with van der Waals surface area (Å²) >= 11 is 0. The Kier molecular flexibility index (Phi) is 5.72. The van der Waals surface area contributed by atoms with E-state index in [1.54, 1.807) is 0 Å². The van der Waals surface area contributed by atoms with Crippen molar-refractivity contribution >= 4 is 0 Å². The van der Waals surface area contributed by atoms with Crippen LogP contribution in [0.3, 0.4) is 0 Å². The summed E-state index contributed by atoms with van der Waals surface area (Å²) in [4.78, 5) is 1.97. The molecule has 16 heavy (non-hydrogen) atoms. The van der Waals surface area contributed by atoms with E-state index >= 15 is 0 Å². The maximum absolute atomic E-state index is 12.0. The molecule has 0 spiro atoms. The average molecular weight is 242 g/mol. The third kappa shape index (κ3) is 7.03. The van der Waals surface area contributed by atoms with Crippen molar-refractivity contribution < 1.29 is 18.3 Å². The Morgan fingerprint density at radius 1 is 1.25 bits per heavy atom. The molecule has 98 valence electrons. The first-order chi connectivity index (χ1) is 7.04. The highest BCUT2D eigenvalue weighted by Gasteiger charge is 2.37. The molecule has 0 fully saturated rings. The lowest BCUT2D eigenvalue weighted by molar-refractivity contribution is -0.202. The summed E-state index contributed by atoms with van der Waals surface area (Å²) in [5.74, 6) is 0. The van der Waals surface area contributed by atoms with Crippen LogP contribution in [0.2, 0.25) is 0 Å². The molecule has 0 aliphatic heterocycles. The Bertz CT molecular complexity index is 205. The topological polar surface area (TPSA) is 35.5 Å². The van der Waals surface area contributed by atoms with Crippen molar-refractivity contribution in [3.05, 3.63) is 0 Å². The van der Waals surface area contributed by atoms with E-state index in [-0.39, 0.29) is 5.41 Å². The predicted octanol–water partition coefficient (Wildman–Crippen LogP) is 1.09. The van der Waals surface area contributed by atoms with Gasteiger partial charge in [-0.25, -0.2) is 0 Å². The van der Waals surface area contributed by atoms with Crippen molar-refractivity contribution in [1.29, 1.82) is 0 Å². The van der Waals surface area contributed by atoms with Crippen molar-refractivity contribution in [2.75, 3.05) is 33.7 Å². The standard InChI is InChI=1S/C10H21F3N2O/c1-9(2,7-15(3)4)6-14-5-8(16)10(11,12)13/h8,14,16H,5-7H2,1-4H3. The smallest absolute Gasteiger partial charge is 0.382 e. The van der Waals surface area contributed by atoms with E-state index in [0.717, 1.165) is 6.54 Å². The summed E-state index contributed by atoms with van der Waals surface area (Å²) < 4.78 is 35.9. The van der Waals surface area contributed by atoms with Gasteiger partial charge in [0.25, 0.3) is 0 Å². The van der Waals surface area contributed by atoms with Gasteiger partial charge in [0.05, 0.1) is 0 Å². The number of aliphatic hydroxyl groups is 1. The molecular formula is C10H21F3N2O. The van der Waals surface area contributed by atoms with Crippen LogP contribution in [0.25, 0.3) is 0 Å². The molecule has 0 heterocycles. The van der Waals surface area contributed by atoms with Gasteiger partial charge in [-0.3, -0.25) is 0 Å². The summed E-state index contributed by atoms with van der Waals surface area (Å²) in [5.41, 5.74) is -0.130. The number of alkyl halides is 3. The third-order valence-electron chi connectivity index (χ3n) is 2.06. The van der Waals surface area contributed by atoms with E-state index in [0.29, 0.717) is 6.54 Å². The molecule has 3 nitrogen and oxygen atoms in total. The fourth-order valence-electron chi connectivity index (χ4n) is 1.57. The highest BCUT2D eigenvalue weighted by Crippen LogP contribution is 2.20. The number of hydrogen-bond donors (Lipinski definition) is 2. The molecule has 0 amide bonds. The van der Waals surface area contributed by atoms with Crippen LogP contribution in [0, 0.1) is 5.41 Å². The minimum Gasteiger partial charge on any atom is -0.382 e. The molecule has 0 aliphatic carbocycles. The second-order valence-electron chi connectivity index (χ2n) is 5.09. The summed E-state index contributed by atoms with van der Waals surface area (Å²) in [7, 11) is 3.82. The van der Waals surface area contributed by atoms with Crippen LogP contribution in [-0.2, 0) is 0 Å². The Morgan fingerprint density at radius 2 is 1.75 bits per heavy atom. The molecule has 1 atom stereocenters. The molecule has 2 N–H and O–H groups in total. The fraction of sp³-hybridized carbons (Fsp3) is 1.00. The normalized spacial score (nSPS) is 15.6. The van der Waals surface area contributed by atoms with Gasteiger partial charge in [-0.1, -0.05) is 13.8 Å². The zero-order chi connectivity index (χ0) is 13.0. The minimum absolute atomic E-state index is 0.130. The third-order valence-corrected chi connectivity index (χ3v) is 2.06. The highest BCUT2D eigenvalue weighted by atomic mass is 19.4. The molecule has 0 aromatic heterocycles. The highest BCUT2D eigenvalue weighted by molar-refractivity contribution is 4.76. The van der Waals surface area contributed by atoms with E-state index < -0.39 is 18.8 Å². The van der Waals surface area contributed by atoms with Gasteiger partial charge in [0, 0.05) is 19.6 Å². The molecule has 0 radical (unpaired) electrons. The summed E-state index contributed by atoms with van der Waals surface area (Å²) in [6.45, 7) is 4.65. The number of nitrogens with zero attached hydrogens (tertiary/aromatic N) is 1. The van der Waals surface area contributed by atoms with Crippen molar-refractivity contribution in [3.8, 4) is 0 Å². The average Bonchev–Trinajstić information content (AvgIpc) is 1.98. The zero-order valence-corrected chi connectivity index (χ0v) is 10.2. The quantitative estimate of drug-likeness (QED) is 0.732. The van der Waals surface area contributed by atoms with E-state index in [1.807, 2.05) is 32.8 Å². The van der Waals surface area contributed by atoms with Gasteiger partial charge in [0.15, 0.2) is 6.10 Å². The van der Waals surface area contributed by atoms with Crippen LogP contribution in [0.5, 0.6) is 0 Å². The van der Waals surface area contributed by atoms with Crippen LogP contribution in [-0.4, -0.2) is 56.0 Å². The summed E-state index contributed by atoms with van der Waals surface area (Å²) in [6, 6.07) is 0. The SMILES string of the molecule is CN(C)CC(C)(C)CNCC(O)C(F)(F)F. The molecule has 1 unspecified atom stereocenters. The van der Waals surface area contributed by atoms with E-state index in [1.165, 1.54) is 0 Å². The maximum Gasteiger partial charge on any atom is 0.415 e. The maximum atomic E-state index is 12.0. The Hall–Kier alpha value is -0.330. The molecule has 0 rings (SSSR count). The lowest BCUT2D eigenvalue weighted by atomic mass is 9.93. The second kappa shape index (κ2) is 5.84. The summed E-state index contributed by atoms with van der Waals surface area (Å²) in [6.07, 6.45) is -6.83. The molecule has 0 aromatic carbocycles. The van der Waals surface area contributed by atoms with Gasteiger partial charge in [-0.05, 0) is 19.5 Å². The number of hydrogen-bond acceptors (Lipinski definition) is 3. The van der Waals surface area contributed by atoms with E-state index in [9.17, 15) is 13.2 Å². The van der Waals surface area contributed by atoms with Gasteiger partial charge in [0.2, 0.25) is 0 Å². The van der Waals surface area contributed by atoms with Crippen LogP contribution >= 0.6 is 0 Å². The van der Waals surface area contributed by atoms with Crippen LogP contribution < -0.4 is 5.32 Å². The first-order valence-electron chi connectivity index (χ1n) is 5.15. The van der Waals surface area contributed by atoms with Crippen LogP contribution in [0.15, 0.2) is 0 Å². The molecule has 0 aromatic rings. The molecule has 0 aliphatic rings. The second-order valence-corrected chi connectivity index (χ2v) is 5.09. The van der Waals surface area contributed by atoms with Gasteiger partial charge in [0.1, 0.15) is 0 Å². The van der Waals surface area contributed by atoms with Crippen molar-refractivity contribution in [1.82, 2.24) is 10.2 Å². The molecule has 0 saturated heterocycles. The van der Waals surface area contributed by atoms with Crippen molar-refractivity contribution in [3.63, 3.8) is 0 Å². The Labute approximate surface area is 94.6 Å². The van der Waals surface area contributed by atoms with Gasteiger partial charge < -0.3 is 15.3 Å². The molecular weight excluding hydrogens is 221 g/mol. The summed E-state index contributed by atoms with van der Waals surface area (Å²) in [5, 5.41) is 11.4. The Morgan fingerprint density at radius 3 is 2.12 bits per heavy atom. The largest absolute Gasteiger partial charge is 0.415 e. The van der Waals surface area contributed by atoms with Gasteiger partial charge in [-0.2, -0.15) is 13.2 Å². The predicted molar refractivity (Wildman–Crippen MR) is 57.3 cm³/mol. The van der Waals surface area contributed by atoms with E-state index in [4.69, 9.17) is 5.11 Å². The van der Waals surface area contributed by atoms with E-state index in [2.05, 4.69) is 5.32 Å². The van der Waals surface area contributed by atoms with Crippen LogP contribution in [0.1, 0.15) is 13.8 Å². The minimum atomic E-state index is -4.54. The lowest BCUT2D eigenvalue weighted by Crippen LogP contribution is -2.43. The van der Waals surface area contributed by atoms with Gasteiger partial charge in [-0.15, -0.1) is 0 Å². The number of aliphatic hydroxyl groups excluding tert-OH is 1. The number of rotatable bonds is 6. The van der Waals surface area contributed by atoms with Crippen molar-refractivity contribution in [2.45, 2.75) is 26.1 Å². The lowest BCUT2D eigenvalue weighted by Gasteiger charge is -2.29. The van der Waals surface area contributed by atoms with Crippen molar-refractivity contribution in [2.24, 2.45) is 5.41 Å². The molecule has 6 heteroatoms. The molecule has 0 bridgehead atoms. The first kappa shape index (κ1) is 15.7. The zero-order valence-electron chi connectivity index (χ0n) is 10.2. The van der Waals surface area contributed by atoms with Gasteiger partial charge >= 0.3 is 6.18 Å². The first-order valence-corrected chi connectivity index (χ1v) is 5.15. The monoisotopic (exact) mass is 242 g/mol. The number of nitrogens with one attached hydrogen (secondary N) is 1. The fourth-order valence-corrected chi connectivity index (χ4v) is 1.57. The van der Waals surface area contributed by atoms with Crippen LogP contribution in [0.4, 0.5) is 13.2 Å². The number of halogens is 3. The molecule has 0 saturated carbocycles.